The minimum atomic E-state index is -0.849. The number of pyridine rings is 1. The third-order valence-corrected chi connectivity index (χ3v) is 6.17. The molecule has 0 spiro atoms. The highest BCUT2D eigenvalue weighted by atomic mass is 35.5. The maximum Gasteiger partial charge on any atom is 0.307 e. The van der Waals surface area contributed by atoms with Gasteiger partial charge in [-0.3, -0.25) is 4.79 Å². The van der Waals surface area contributed by atoms with Gasteiger partial charge in [-0.2, -0.15) is 0 Å². The molecule has 0 atom stereocenters. The lowest BCUT2D eigenvalue weighted by atomic mass is 10.1. The van der Waals surface area contributed by atoms with Crippen LogP contribution in [0, 0.1) is 0 Å². The van der Waals surface area contributed by atoms with Crippen LogP contribution in [0.5, 0.6) is 11.5 Å². The SMILES string of the molecule is O=C(O)Cc1ccc(OCCCOc2ccc(Cl)cc2N2CCN(c3ccc(Cl)nc3)CC2)cc1. The zero-order chi connectivity index (χ0) is 24.6. The number of carbonyl (C=O) groups is 1. The minimum absolute atomic E-state index is 0.00489. The molecule has 2 heterocycles. The van der Waals surface area contributed by atoms with Crippen LogP contribution in [0.1, 0.15) is 12.0 Å². The fourth-order valence-electron chi connectivity index (χ4n) is 3.93. The normalized spacial score (nSPS) is 13.5. The van der Waals surface area contributed by atoms with Gasteiger partial charge in [0.15, 0.2) is 0 Å². The molecule has 184 valence electrons. The fraction of sp³-hybridized carbons (Fsp3) is 0.308. The van der Waals surface area contributed by atoms with Crippen molar-refractivity contribution in [2.75, 3.05) is 49.2 Å². The van der Waals surface area contributed by atoms with Crippen molar-refractivity contribution in [3.8, 4) is 11.5 Å². The highest BCUT2D eigenvalue weighted by Gasteiger charge is 2.21. The Kier molecular flexibility index (Phi) is 8.55. The molecule has 1 aromatic heterocycles. The molecule has 0 amide bonds. The number of aliphatic carboxylic acids is 1. The van der Waals surface area contributed by atoms with Crippen LogP contribution in [0.15, 0.2) is 60.8 Å². The topological polar surface area (TPSA) is 75.1 Å². The number of halogens is 2. The fourth-order valence-corrected chi connectivity index (χ4v) is 4.21. The van der Waals surface area contributed by atoms with Crippen molar-refractivity contribution >= 4 is 40.5 Å². The summed E-state index contributed by atoms with van der Waals surface area (Å²) in [6.07, 6.45) is 2.51. The standard InChI is InChI=1S/C26H27Cl2N3O4/c27-20-4-8-24(35-15-1-14-34-22-6-2-19(3-7-22)16-26(32)33)23(17-20)31-12-10-30(11-13-31)21-5-9-25(28)29-18-21/h2-9,17-18H,1,10-16H2,(H,32,33). The van der Waals surface area contributed by atoms with Crippen molar-refractivity contribution in [2.45, 2.75) is 12.8 Å². The summed E-state index contributed by atoms with van der Waals surface area (Å²) in [5.74, 6) is 0.659. The average molecular weight is 516 g/mol. The maximum atomic E-state index is 10.8. The number of piperazine rings is 1. The number of rotatable bonds is 10. The number of aromatic nitrogens is 1. The number of hydrogen-bond donors (Lipinski definition) is 1. The van der Waals surface area contributed by atoms with Gasteiger partial charge < -0.3 is 24.4 Å². The quantitative estimate of drug-likeness (QED) is 0.294. The summed E-state index contributed by atoms with van der Waals surface area (Å²) in [4.78, 5) is 19.5. The molecule has 9 heteroatoms. The molecule has 1 fully saturated rings. The highest BCUT2D eigenvalue weighted by Crippen LogP contribution is 2.33. The van der Waals surface area contributed by atoms with Crippen molar-refractivity contribution in [3.05, 3.63) is 76.5 Å². The molecular formula is C26H27Cl2N3O4. The zero-order valence-corrected chi connectivity index (χ0v) is 20.7. The monoisotopic (exact) mass is 515 g/mol. The lowest BCUT2D eigenvalue weighted by molar-refractivity contribution is -0.136. The third-order valence-electron chi connectivity index (χ3n) is 5.71. The van der Waals surface area contributed by atoms with Crippen LogP contribution in [0.25, 0.3) is 0 Å². The van der Waals surface area contributed by atoms with Gasteiger partial charge in [0.25, 0.3) is 0 Å². The van der Waals surface area contributed by atoms with E-state index in [4.69, 9.17) is 37.8 Å². The summed E-state index contributed by atoms with van der Waals surface area (Å²) in [5.41, 5.74) is 2.79. The molecule has 7 nitrogen and oxygen atoms in total. The van der Waals surface area contributed by atoms with E-state index >= 15 is 0 Å². The summed E-state index contributed by atoms with van der Waals surface area (Å²) < 4.78 is 11.8. The maximum absolute atomic E-state index is 10.8. The lowest BCUT2D eigenvalue weighted by Gasteiger charge is -2.37. The number of nitrogens with zero attached hydrogens (tertiary/aromatic N) is 3. The number of anilines is 2. The van der Waals surface area contributed by atoms with Gasteiger partial charge in [-0.15, -0.1) is 0 Å². The van der Waals surface area contributed by atoms with Crippen LogP contribution in [0.2, 0.25) is 10.2 Å². The van der Waals surface area contributed by atoms with Crippen LogP contribution in [-0.4, -0.2) is 55.5 Å². The molecule has 0 bridgehead atoms. The molecule has 1 saturated heterocycles. The molecule has 0 radical (unpaired) electrons. The largest absolute Gasteiger partial charge is 0.493 e. The van der Waals surface area contributed by atoms with Crippen LogP contribution in [0.4, 0.5) is 11.4 Å². The van der Waals surface area contributed by atoms with E-state index in [2.05, 4.69) is 14.8 Å². The molecular weight excluding hydrogens is 489 g/mol. The smallest absolute Gasteiger partial charge is 0.307 e. The van der Waals surface area contributed by atoms with E-state index in [1.807, 2.05) is 30.3 Å². The second kappa shape index (κ2) is 12.0. The molecule has 4 rings (SSSR count). The Hall–Kier alpha value is -3.16. The van der Waals surface area contributed by atoms with Crippen molar-refractivity contribution < 1.29 is 19.4 Å². The van der Waals surface area contributed by atoms with E-state index in [0.29, 0.717) is 35.6 Å². The van der Waals surface area contributed by atoms with E-state index < -0.39 is 5.97 Å². The average Bonchev–Trinajstić information content (AvgIpc) is 2.86. The summed E-state index contributed by atoms with van der Waals surface area (Å²) in [6.45, 7) is 4.38. The van der Waals surface area contributed by atoms with Gasteiger partial charge in [-0.1, -0.05) is 35.3 Å². The number of carboxylic acids is 1. The Morgan fingerprint density at radius 2 is 1.63 bits per heavy atom. The predicted octanol–water partition coefficient (Wildman–Crippen LogP) is 5.19. The van der Waals surface area contributed by atoms with Crippen molar-refractivity contribution in [1.82, 2.24) is 4.98 Å². The molecule has 0 unspecified atom stereocenters. The summed E-state index contributed by atoms with van der Waals surface area (Å²) in [6, 6.07) is 16.6. The summed E-state index contributed by atoms with van der Waals surface area (Å²) in [7, 11) is 0. The Labute approximate surface area is 214 Å². The Bertz CT molecular complexity index is 1120. The van der Waals surface area contributed by atoms with E-state index in [1.54, 1.807) is 30.5 Å². The molecule has 0 saturated carbocycles. The van der Waals surface area contributed by atoms with Crippen LogP contribution in [0.3, 0.4) is 0 Å². The van der Waals surface area contributed by atoms with Crippen molar-refractivity contribution in [1.29, 1.82) is 0 Å². The third kappa shape index (κ3) is 7.16. The van der Waals surface area contributed by atoms with E-state index in [0.717, 1.165) is 48.9 Å². The van der Waals surface area contributed by atoms with Gasteiger partial charge in [0, 0.05) is 37.6 Å². The van der Waals surface area contributed by atoms with Crippen molar-refractivity contribution in [3.63, 3.8) is 0 Å². The van der Waals surface area contributed by atoms with Gasteiger partial charge in [-0.05, 0) is 48.0 Å². The van der Waals surface area contributed by atoms with E-state index in [1.165, 1.54) is 0 Å². The molecule has 3 aromatic rings. The second-order valence-corrected chi connectivity index (χ2v) is 9.01. The number of hydrogen-bond acceptors (Lipinski definition) is 6. The first-order valence-corrected chi connectivity index (χ1v) is 12.2. The number of ether oxygens (including phenoxy) is 2. The van der Waals surface area contributed by atoms with Crippen LogP contribution in [-0.2, 0) is 11.2 Å². The van der Waals surface area contributed by atoms with E-state index in [9.17, 15) is 4.79 Å². The molecule has 1 N–H and O–H groups in total. The Morgan fingerprint density at radius 3 is 2.31 bits per heavy atom. The first-order valence-electron chi connectivity index (χ1n) is 11.5. The van der Waals surface area contributed by atoms with Gasteiger partial charge >= 0.3 is 5.97 Å². The zero-order valence-electron chi connectivity index (χ0n) is 19.2. The lowest BCUT2D eigenvalue weighted by Crippen LogP contribution is -2.46. The van der Waals surface area contributed by atoms with Gasteiger partial charge in [0.05, 0.1) is 37.2 Å². The first-order chi connectivity index (χ1) is 17.0. The molecule has 1 aliphatic rings. The number of carboxylic acid groups (broad SMARTS) is 1. The van der Waals surface area contributed by atoms with Gasteiger partial charge in [0.1, 0.15) is 16.7 Å². The van der Waals surface area contributed by atoms with Crippen LogP contribution >= 0.6 is 23.2 Å². The Morgan fingerprint density at radius 1 is 0.914 bits per heavy atom. The first kappa shape index (κ1) is 24.9. The minimum Gasteiger partial charge on any atom is -0.493 e. The van der Waals surface area contributed by atoms with Gasteiger partial charge in [0.2, 0.25) is 0 Å². The summed E-state index contributed by atoms with van der Waals surface area (Å²) >= 11 is 12.2. The highest BCUT2D eigenvalue weighted by molar-refractivity contribution is 6.31. The second-order valence-electron chi connectivity index (χ2n) is 8.19. The van der Waals surface area contributed by atoms with Crippen molar-refractivity contribution in [2.24, 2.45) is 0 Å². The molecule has 0 aliphatic carbocycles. The van der Waals surface area contributed by atoms with E-state index in [-0.39, 0.29) is 6.42 Å². The Balaban J connectivity index is 1.26. The van der Waals surface area contributed by atoms with Gasteiger partial charge in [-0.25, -0.2) is 4.98 Å². The predicted molar refractivity (Wildman–Crippen MR) is 139 cm³/mol. The molecule has 2 aromatic carbocycles. The summed E-state index contributed by atoms with van der Waals surface area (Å²) in [5, 5.41) is 10.0. The number of benzene rings is 2. The molecule has 35 heavy (non-hydrogen) atoms. The van der Waals surface area contributed by atoms with Crippen LogP contribution < -0.4 is 19.3 Å². The molecule has 1 aliphatic heterocycles.